The minimum atomic E-state index is 0.00905. The van der Waals surface area contributed by atoms with Gasteiger partial charge >= 0.3 is 0 Å². The summed E-state index contributed by atoms with van der Waals surface area (Å²) in [5, 5.41) is 6.12. The number of pyridine rings is 1. The molecule has 0 bridgehead atoms. The van der Waals surface area contributed by atoms with Crippen LogP contribution < -0.4 is 0 Å². The Balaban J connectivity index is 1.72. The summed E-state index contributed by atoms with van der Waals surface area (Å²) in [6.45, 7) is 11.4. The van der Waals surface area contributed by atoms with E-state index in [0.717, 1.165) is 45.1 Å². The van der Waals surface area contributed by atoms with Crippen molar-refractivity contribution in [1.82, 2.24) is 4.98 Å². The highest BCUT2D eigenvalue weighted by Gasteiger charge is 2.22. The average molecular weight is 458 g/mol. The maximum atomic E-state index is 6.47. The first-order valence-electron chi connectivity index (χ1n) is 12.6. The largest absolute Gasteiger partial charge is 0.455 e. The van der Waals surface area contributed by atoms with Gasteiger partial charge in [-0.25, -0.2) is 4.98 Å². The molecule has 0 spiro atoms. The quantitative estimate of drug-likeness (QED) is 0.247. The van der Waals surface area contributed by atoms with Crippen LogP contribution in [0.25, 0.3) is 54.9 Å². The van der Waals surface area contributed by atoms with Crippen molar-refractivity contribution in [2.45, 2.75) is 46.5 Å². The van der Waals surface area contributed by atoms with Crippen molar-refractivity contribution in [1.29, 1.82) is 0 Å². The van der Waals surface area contributed by atoms with E-state index in [1.807, 2.05) is 6.07 Å². The highest BCUT2D eigenvalue weighted by atomic mass is 16.3. The van der Waals surface area contributed by atoms with Crippen molar-refractivity contribution in [2.24, 2.45) is 5.92 Å². The van der Waals surface area contributed by atoms with Gasteiger partial charge in [0.1, 0.15) is 11.2 Å². The molecule has 0 saturated heterocycles. The van der Waals surface area contributed by atoms with Crippen molar-refractivity contribution in [3.63, 3.8) is 0 Å². The van der Waals surface area contributed by atoms with Crippen LogP contribution in [-0.4, -0.2) is 4.98 Å². The third-order valence-corrected chi connectivity index (χ3v) is 7.03. The Morgan fingerprint density at radius 1 is 0.800 bits per heavy atom. The molecule has 2 heterocycles. The number of benzene rings is 4. The Morgan fingerprint density at radius 2 is 1.54 bits per heavy atom. The molecule has 0 amide bonds. The molecule has 2 aromatic heterocycles. The molecule has 0 N–H and O–H groups in total. The van der Waals surface area contributed by atoms with Gasteiger partial charge in [-0.2, -0.15) is 0 Å². The van der Waals surface area contributed by atoms with E-state index in [9.17, 15) is 0 Å². The van der Waals surface area contributed by atoms with E-state index in [2.05, 4.69) is 107 Å². The van der Waals surface area contributed by atoms with Crippen LogP contribution in [0.3, 0.4) is 0 Å². The molecular weight excluding hydrogens is 426 g/mol. The fourth-order valence-electron chi connectivity index (χ4n) is 5.28. The van der Waals surface area contributed by atoms with Crippen molar-refractivity contribution < 1.29 is 4.42 Å². The molecule has 35 heavy (non-hydrogen) atoms. The zero-order valence-electron chi connectivity index (χ0n) is 21.1. The monoisotopic (exact) mass is 457 g/mol. The predicted molar refractivity (Wildman–Crippen MR) is 149 cm³/mol. The Kier molecular flexibility index (Phi) is 4.96. The summed E-state index contributed by atoms with van der Waals surface area (Å²) in [5.41, 5.74) is 7.59. The molecule has 6 rings (SSSR count). The van der Waals surface area contributed by atoms with Gasteiger partial charge in [0, 0.05) is 21.7 Å². The molecule has 0 aliphatic carbocycles. The van der Waals surface area contributed by atoms with E-state index in [-0.39, 0.29) is 5.41 Å². The average Bonchev–Trinajstić information content (AvgIpc) is 3.21. The van der Waals surface area contributed by atoms with E-state index in [4.69, 9.17) is 9.40 Å². The molecule has 6 aromatic rings. The molecule has 0 saturated carbocycles. The van der Waals surface area contributed by atoms with Gasteiger partial charge in [0.2, 0.25) is 0 Å². The van der Waals surface area contributed by atoms with Gasteiger partial charge in [-0.05, 0) is 70.0 Å². The summed E-state index contributed by atoms with van der Waals surface area (Å²) < 4.78 is 6.47. The minimum absolute atomic E-state index is 0.00905. The SMILES string of the molecule is CC(C)Cc1cc(-c2cc(C(C)(C)C)cc3c2oc2ccccc23)nc2ccc3ccccc3c12. The molecule has 2 heteroatoms. The second-order valence-electron chi connectivity index (χ2n) is 11.2. The molecule has 0 aliphatic heterocycles. The Hall–Kier alpha value is -3.65. The molecule has 0 atom stereocenters. The van der Waals surface area contributed by atoms with Crippen LogP contribution >= 0.6 is 0 Å². The lowest BCUT2D eigenvalue weighted by Crippen LogP contribution is -2.11. The van der Waals surface area contributed by atoms with Crippen LogP contribution in [-0.2, 0) is 11.8 Å². The first kappa shape index (κ1) is 21.9. The molecule has 0 unspecified atom stereocenters. The summed E-state index contributed by atoms with van der Waals surface area (Å²) >= 11 is 0. The van der Waals surface area contributed by atoms with E-state index >= 15 is 0 Å². The lowest BCUT2D eigenvalue weighted by Gasteiger charge is -2.21. The standard InChI is InChI=1S/C33H31NO/c1-20(2)16-22-17-29(34-28-15-14-21-10-6-7-11-24(21)31(22)28)27-19-23(33(3,4)5)18-26-25-12-8-9-13-30(25)35-32(26)27/h6-15,17-20H,16H2,1-5H3. The summed E-state index contributed by atoms with van der Waals surface area (Å²) in [6.07, 6.45) is 1.00. The van der Waals surface area contributed by atoms with Crippen molar-refractivity contribution in [3.05, 3.63) is 90.0 Å². The topological polar surface area (TPSA) is 26.0 Å². The highest BCUT2D eigenvalue weighted by Crippen LogP contribution is 2.40. The van der Waals surface area contributed by atoms with Gasteiger partial charge in [-0.3, -0.25) is 0 Å². The maximum Gasteiger partial charge on any atom is 0.144 e. The lowest BCUT2D eigenvalue weighted by atomic mass is 9.84. The third-order valence-electron chi connectivity index (χ3n) is 7.03. The van der Waals surface area contributed by atoms with Crippen LogP contribution in [0.2, 0.25) is 0 Å². The summed E-state index contributed by atoms with van der Waals surface area (Å²) in [4.78, 5) is 5.25. The lowest BCUT2D eigenvalue weighted by molar-refractivity contribution is 0.590. The number of hydrogen-bond acceptors (Lipinski definition) is 2. The van der Waals surface area contributed by atoms with E-state index in [1.165, 1.54) is 27.3 Å². The van der Waals surface area contributed by atoms with Gasteiger partial charge in [0.05, 0.1) is 11.2 Å². The fourth-order valence-corrected chi connectivity index (χ4v) is 5.28. The van der Waals surface area contributed by atoms with E-state index in [0.29, 0.717) is 5.92 Å². The van der Waals surface area contributed by atoms with Crippen LogP contribution in [0.4, 0.5) is 0 Å². The summed E-state index contributed by atoms with van der Waals surface area (Å²) in [5.74, 6) is 0.541. The van der Waals surface area contributed by atoms with Gasteiger partial charge in [-0.1, -0.05) is 83.1 Å². The molecular formula is C33H31NO. The van der Waals surface area contributed by atoms with Gasteiger partial charge < -0.3 is 4.42 Å². The van der Waals surface area contributed by atoms with Crippen LogP contribution in [0, 0.1) is 5.92 Å². The van der Waals surface area contributed by atoms with Crippen molar-refractivity contribution >= 4 is 43.6 Å². The smallest absolute Gasteiger partial charge is 0.144 e. The molecule has 0 fully saturated rings. The van der Waals surface area contributed by atoms with E-state index in [1.54, 1.807) is 0 Å². The number of aromatic nitrogens is 1. The first-order valence-corrected chi connectivity index (χ1v) is 12.6. The second kappa shape index (κ2) is 7.95. The van der Waals surface area contributed by atoms with Crippen molar-refractivity contribution in [3.8, 4) is 11.3 Å². The summed E-state index contributed by atoms with van der Waals surface area (Å²) in [7, 11) is 0. The number of furan rings is 1. The van der Waals surface area contributed by atoms with E-state index < -0.39 is 0 Å². The highest BCUT2D eigenvalue weighted by molar-refractivity contribution is 6.11. The maximum absolute atomic E-state index is 6.47. The van der Waals surface area contributed by atoms with Crippen LogP contribution in [0.5, 0.6) is 0 Å². The van der Waals surface area contributed by atoms with Crippen LogP contribution in [0.15, 0.2) is 83.3 Å². The predicted octanol–water partition coefficient (Wildman–Crippen LogP) is 9.45. The van der Waals surface area contributed by atoms with Gasteiger partial charge in [-0.15, -0.1) is 0 Å². The van der Waals surface area contributed by atoms with Gasteiger partial charge in [0.15, 0.2) is 0 Å². The number of rotatable bonds is 3. The normalized spacial score (nSPS) is 12.5. The number of hydrogen-bond donors (Lipinski definition) is 0. The number of fused-ring (bicyclic) bond motifs is 6. The molecule has 0 aliphatic rings. The third kappa shape index (κ3) is 3.69. The zero-order valence-corrected chi connectivity index (χ0v) is 21.1. The number of para-hydroxylation sites is 1. The van der Waals surface area contributed by atoms with Crippen molar-refractivity contribution in [2.75, 3.05) is 0 Å². The molecule has 2 nitrogen and oxygen atoms in total. The zero-order chi connectivity index (χ0) is 24.3. The fraction of sp³-hybridized carbons (Fsp3) is 0.242. The van der Waals surface area contributed by atoms with Crippen LogP contribution in [0.1, 0.15) is 45.7 Å². The van der Waals surface area contributed by atoms with Gasteiger partial charge in [0.25, 0.3) is 0 Å². The molecule has 4 aromatic carbocycles. The Morgan fingerprint density at radius 3 is 2.31 bits per heavy atom. The number of nitrogens with zero attached hydrogens (tertiary/aromatic N) is 1. The molecule has 174 valence electrons. The minimum Gasteiger partial charge on any atom is -0.455 e. The Labute approximate surface area is 206 Å². The Bertz CT molecular complexity index is 1730. The molecule has 0 radical (unpaired) electrons. The first-order chi connectivity index (χ1) is 16.8. The summed E-state index contributed by atoms with van der Waals surface area (Å²) in [6, 6.07) is 28.2. The second-order valence-corrected chi connectivity index (χ2v) is 11.2.